The van der Waals surface area contributed by atoms with E-state index < -0.39 is 48.6 Å². The first-order chi connectivity index (χ1) is 26.2. The Hall–Kier alpha value is -4.31. The Morgan fingerprint density at radius 2 is 1.54 bits per heavy atom. The van der Waals surface area contributed by atoms with Crippen molar-refractivity contribution in [1.82, 2.24) is 16.0 Å². The molecule has 3 aromatic rings. The van der Waals surface area contributed by atoms with Gasteiger partial charge in [0.15, 0.2) is 0 Å². The van der Waals surface area contributed by atoms with E-state index >= 15 is 0 Å². The van der Waals surface area contributed by atoms with E-state index in [0.717, 1.165) is 27.5 Å². The molecule has 0 aliphatic carbocycles. The smallest absolute Gasteiger partial charge is 0.336 e. The highest BCUT2D eigenvalue weighted by molar-refractivity contribution is 7.53. The van der Waals surface area contributed by atoms with Gasteiger partial charge in [-0.05, 0) is 93.7 Å². The van der Waals surface area contributed by atoms with Gasteiger partial charge in [0, 0.05) is 18.9 Å². The molecule has 0 aromatic heterocycles. The second-order valence-electron chi connectivity index (χ2n) is 17.0. The molecule has 1 unspecified atom stereocenters. The lowest BCUT2D eigenvalue weighted by Crippen LogP contribution is -2.56. The normalized spacial score (nSPS) is 21.9. The summed E-state index contributed by atoms with van der Waals surface area (Å²) in [5.41, 5.74) is 6.89. The van der Waals surface area contributed by atoms with Gasteiger partial charge in [-0.3, -0.25) is 23.7 Å². The molecule has 11 nitrogen and oxygen atoms in total. The number of rotatable bonds is 11. The van der Waals surface area contributed by atoms with Crippen LogP contribution in [0.1, 0.15) is 104 Å². The number of hydrogen-bond acceptors (Lipinski definition) is 7. The molecular weight excluding hydrogens is 727 g/mol. The summed E-state index contributed by atoms with van der Waals surface area (Å²) in [4.78, 5) is 53.2. The fourth-order valence-electron chi connectivity index (χ4n) is 6.94. The van der Waals surface area contributed by atoms with E-state index in [-0.39, 0.29) is 49.2 Å². The molecule has 0 saturated heterocycles. The Kier molecular flexibility index (Phi) is 15.2. The highest BCUT2D eigenvalue weighted by Gasteiger charge is 2.36. The van der Waals surface area contributed by atoms with Gasteiger partial charge >= 0.3 is 7.60 Å². The Labute approximate surface area is 332 Å². The quantitative estimate of drug-likeness (QED) is 0.116. The molecule has 0 bridgehead atoms. The van der Waals surface area contributed by atoms with Gasteiger partial charge in [-0.15, -0.1) is 0 Å². The zero-order valence-corrected chi connectivity index (χ0v) is 35.1. The standard InChI is InChI=1S/C44H61N4O7P/c1-9-29(2)40-42(52)47-37(26-38(45)49)41(51)46-27-31(24-35-18-13-16-33-15-10-11-19-36(33)35)14-12-17-34(25-39(50)48-40)32-22-20-30(21-23-32)28-56(53,54-43(3,4)5)55-44(6,7)8/h10-13,15-23,29,31,34,37,40H,9,14,24-28H2,1-8H3,(H2,45,49)(H,46,51)(H,47,52)(H,48,50)/b17-12+/t29?,31-,34-,37-,40-/m0/s1. The summed E-state index contributed by atoms with van der Waals surface area (Å²) in [5, 5.41) is 10.8. The monoisotopic (exact) mass is 788 g/mol. The maximum Gasteiger partial charge on any atom is 0.336 e. The number of hydrogen-bond donors (Lipinski definition) is 4. The van der Waals surface area contributed by atoms with Gasteiger partial charge in [-0.1, -0.05) is 99.2 Å². The first kappa shape index (κ1) is 44.4. The molecule has 5 N–H and O–H groups in total. The van der Waals surface area contributed by atoms with Gasteiger partial charge in [-0.2, -0.15) is 0 Å². The van der Waals surface area contributed by atoms with Crippen molar-refractivity contribution in [2.45, 2.75) is 123 Å². The van der Waals surface area contributed by atoms with Crippen LogP contribution in [0.15, 0.2) is 78.9 Å². The van der Waals surface area contributed by atoms with Crippen LogP contribution in [0.25, 0.3) is 10.8 Å². The predicted molar refractivity (Wildman–Crippen MR) is 222 cm³/mol. The van der Waals surface area contributed by atoms with Crippen molar-refractivity contribution in [2.75, 3.05) is 6.54 Å². The van der Waals surface area contributed by atoms with Crippen LogP contribution >= 0.6 is 7.60 Å². The molecular formula is C44H61N4O7P. The number of carbonyl (C=O) groups excluding carboxylic acids is 4. The zero-order chi connectivity index (χ0) is 41.3. The Morgan fingerprint density at radius 1 is 0.893 bits per heavy atom. The zero-order valence-electron chi connectivity index (χ0n) is 34.2. The molecule has 1 aliphatic rings. The number of nitrogens with two attached hydrogens (primary N) is 1. The first-order valence-corrected chi connectivity index (χ1v) is 21.4. The molecule has 56 heavy (non-hydrogen) atoms. The van der Waals surface area contributed by atoms with E-state index in [0.29, 0.717) is 19.3 Å². The lowest BCUT2D eigenvalue weighted by atomic mass is 9.90. The second kappa shape index (κ2) is 19.2. The van der Waals surface area contributed by atoms with Crippen LogP contribution < -0.4 is 21.7 Å². The summed E-state index contributed by atoms with van der Waals surface area (Å²) in [6.45, 7) is 15.1. The van der Waals surface area contributed by atoms with Crippen molar-refractivity contribution in [3.05, 3.63) is 95.6 Å². The van der Waals surface area contributed by atoms with Gasteiger partial charge in [0.25, 0.3) is 0 Å². The molecule has 1 heterocycles. The maximum absolute atomic E-state index is 14.0. The molecule has 4 amide bonds. The van der Waals surface area contributed by atoms with Gasteiger partial charge in [0.1, 0.15) is 12.1 Å². The molecule has 4 rings (SSSR count). The fourth-order valence-corrected chi connectivity index (χ4v) is 9.43. The summed E-state index contributed by atoms with van der Waals surface area (Å²) in [6.07, 6.45) is 5.58. The molecule has 1 aliphatic heterocycles. The topological polar surface area (TPSA) is 166 Å². The molecule has 0 saturated carbocycles. The second-order valence-corrected chi connectivity index (χ2v) is 18.9. The predicted octanol–water partition coefficient (Wildman–Crippen LogP) is 7.46. The number of carbonyl (C=O) groups is 4. The third-order valence-corrected chi connectivity index (χ3v) is 12.1. The summed E-state index contributed by atoms with van der Waals surface area (Å²) >= 11 is 0. The van der Waals surface area contributed by atoms with Crippen LogP contribution in [0.4, 0.5) is 0 Å². The molecule has 304 valence electrons. The van der Waals surface area contributed by atoms with E-state index in [4.69, 9.17) is 14.8 Å². The highest BCUT2D eigenvalue weighted by atomic mass is 31.2. The van der Waals surface area contributed by atoms with Crippen molar-refractivity contribution < 1.29 is 32.8 Å². The summed E-state index contributed by atoms with van der Waals surface area (Å²) in [6, 6.07) is 19.8. The highest BCUT2D eigenvalue weighted by Crippen LogP contribution is 2.57. The third kappa shape index (κ3) is 13.7. The number of primary amides is 1. The van der Waals surface area contributed by atoms with Gasteiger partial charge in [-0.25, -0.2) is 0 Å². The lowest BCUT2D eigenvalue weighted by Gasteiger charge is -2.32. The SMILES string of the molecule is CCC(C)[C@@H]1NC(=O)C[C@@H](c2ccc(CP(=O)(OC(C)(C)C)OC(C)(C)C)cc2)/C=C/C[C@@H](Cc2cccc3ccccc23)CNC(=O)[C@H](CC(N)=O)NC1=O. The van der Waals surface area contributed by atoms with Gasteiger partial charge in [0.2, 0.25) is 23.6 Å². The van der Waals surface area contributed by atoms with E-state index in [1.54, 1.807) is 0 Å². The Balaban J connectivity index is 1.70. The summed E-state index contributed by atoms with van der Waals surface area (Å²) in [5.74, 6) is -2.86. The lowest BCUT2D eigenvalue weighted by molar-refractivity contribution is -0.134. The van der Waals surface area contributed by atoms with Crippen LogP contribution in [-0.2, 0) is 45.4 Å². The molecule has 3 aromatic carbocycles. The number of amides is 4. The van der Waals surface area contributed by atoms with Gasteiger partial charge < -0.3 is 30.7 Å². The minimum atomic E-state index is -3.55. The average molecular weight is 789 g/mol. The van der Waals surface area contributed by atoms with E-state index in [1.807, 2.05) is 110 Å². The van der Waals surface area contributed by atoms with Crippen LogP contribution in [0, 0.1) is 11.8 Å². The summed E-state index contributed by atoms with van der Waals surface area (Å²) in [7, 11) is -3.55. The number of fused-ring (bicyclic) bond motifs is 1. The van der Waals surface area contributed by atoms with E-state index in [9.17, 15) is 23.7 Å². The van der Waals surface area contributed by atoms with Crippen LogP contribution in [-0.4, -0.2) is 53.5 Å². The molecule has 0 fully saturated rings. The molecule has 12 heteroatoms. The third-order valence-electron chi connectivity index (χ3n) is 9.66. The number of allylic oxidation sites excluding steroid dienone is 2. The van der Waals surface area contributed by atoms with Crippen LogP contribution in [0.5, 0.6) is 0 Å². The molecule has 5 atom stereocenters. The number of nitrogens with one attached hydrogen (secondary N) is 3. The molecule has 0 spiro atoms. The van der Waals surface area contributed by atoms with Crippen LogP contribution in [0.3, 0.4) is 0 Å². The van der Waals surface area contributed by atoms with E-state index in [1.165, 1.54) is 0 Å². The Morgan fingerprint density at radius 3 is 2.16 bits per heavy atom. The van der Waals surface area contributed by atoms with Gasteiger partial charge in [0.05, 0.1) is 23.8 Å². The van der Waals surface area contributed by atoms with Crippen molar-refractivity contribution in [2.24, 2.45) is 17.6 Å². The van der Waals surface area contributed by atoms with Crippen molar-refractivity contribution in [1.29, 1.82) is 0 Å². The van der Waals surface area contributed by atoms with Crippen molar-refractivity contribution >= 4 is 42.0 Å². The first-order valence-electron chi connectivity index (χ1n) is 19.6. The maximum atomic E-state index is 14.0. The molecule has 0 radical (unpaired) electrons. The minimum Gasteiger partial charge on any atom is -0.370 e. The number of benzene rings is 3. The summed E-state index contributed by atoms with van der Waals surface area (Å²) < 4.78 is 26.0. The largest absolute Gasteiger partial charge is 0.370 e. The van der Waals surface area contributed by atoms with Crippen molar-refractivity contribution in [3.8, 4) is 0 Å². The fraction of sp³-hybridized carbons (Fsp3) is 0.500. The average Bonchev–Trinajstić information content (AvgIpc) is 3.10. The van der Waals surface area contributed by atoms with Crippen LogP contribution in [0.2, 0.25) is 0 Å². The van der Waals surface area contributed by atoms with E-state index in [2.05, 4.69) is 40.2 Å². The Bertz CT molecular complexity index is 1890. The minimum absolute atomic E-state index is 0.0463. The van der Waals surface area contributed by atoms with Crippen molar-refractivity contribution in [3.63, 3.8) is 0 Å².